The van der Waals surface area contributed by atoms with Gasteiger partial charge in [0, 0.05) is 17.4 Å². The zero-order chi connectivity index (χ0) is 23.2. The molecule has 168 valence electrons. The molecule has 1 amide bonds. The highest BCUT2D eigenvalue weighted by Crippen LogP contribution is 2.27. The summed E-state index contributed by atoms with van der Waals surface area (Å²) >= 11 is 0. The minimum absolute atomic E-state index is 0.0827. The van der Waals surface area contributed by atoms with Crippen molar-refractivity contribution in [3.63, 3.8) is 0 Å². The summed E-state index contributed by atoms with van der Waals surface area (Å²) < 4.78 is 46.0. The average molecular weight is 438 g/mol. The second-order valence-corrected chi connectivity index (χ2v) is 7.58. The molecule has 0 saturated carbocycles. The van der Waals surface area contributed by atoms with Crippen molar-refractivity contribution in [2.75, 3.05) is 11.9 Å². The fraction of sp³-hybridized carbons (Fsp3) is 0.381. The van der Waals surface area contributed by atoms with Gasteiger partial charge in [-0.25, -0.2) is 9.78 Å². The maximum absolute atomic E-state index is 12.3. The molecule has 0 bridgehead atoms. The molecule has 31 heavy (non-hydrogen) atoms. The lowest BCUT2D eigenvalue weighted by atomic mass is 10.0. The Labute approximate surface area is 178 Å². The molecule has 2 aromatic rings. The summed E-state index contributed by atoms with van der Waals surface area (Å²) in [6.07, 6.45) is -3.23. The number of benzene rings is 1. The number of rotatable bonds is 7. The lowest BCUT2D eigenvalue weighted by molar-refractivity contribution is -0.274. The molecule has 0 radical (unpaired) electrons. The number of aryl methyl sites for hydroxylation is 1. The molecule has 0 fully saturated rings. The fourth-order valence-corrected chi connectivity index (χ4v) is 2.67. The summed E-state index contributed by atoms with van der Waals surface area (Å²) in [7, 11) is 0. The van der Waals surface area contributed by atoms with E-state index in [1.165, 1.54) is 24.3 Å². The third-order valence-electron chi connectivity index (χ3n) is 3.88. The Kier molecular flexibility index (Phi) is 7.48. The van der Waals surface area contributed by atoms with Crippen molar-refractivity contribution >= 4 is 23.3 Å². The molecule has 1 aromatic heterocycles. The van der Waals surface area contributed by atoms with E-state index in [1.807, 2.05) is 6.92 Å². The highest BCUT2D eigenvalue weighted by molar-refractivity contribution is 6.06. The lowest BCUT2D eigenvalue weighted by Gasteiger charge is -2.20. The van der Waals surface area contributed by atoms with Gasteiger partial charge in [-0.2, -0.15) is 0 Å². The number of carbonyl (C=O) groups excluding carboxylic acids is 1. The quantitative estimate of drug-likeness (QED) is 0.518. The zero-order valence-corrected chi connectivity index (χ0v) is 17.7. The number of halogens is 3. The summed E-state index contributed by atoms with van der Waals surface area (Å²) in [6, 6.07) is 6.94. The summed E-state index contributed by atoms with van der Waals surface area (Å²) in [4.78, 5) is 16.2. The van der Waals surface area contributed by atoms with Gasteiger partial charge in [-0.3, -0.25) is 0 Å². The Hall–Kier alpha value is -3.30. The van der Waals surface area contributed by atoms with Gasteiger partial charge in [0.1, 0.15) is 17.2 Å². The molecule has 1 aromatic carbocycles. The van der Waals surface area contributed by atoms with Crippen molar-refractivity contribution in [2.45, 2.75) is 46.1 Å². The first kappa shape index (κ1) is 24.0. The summed E-state index contributed by atoms with van der Waals surface area (Å²) in [5.41, 5.74) is 1.23. The van der Waals surface area contributed by atoms with E-state index < -0.39 is 18.1 Å². The third-order valence-corrected chi connectivity index (χ3v) is 3.88. The van der Waals surface area contributed by atoms with Gasteiger partial charge in [0.25, 0.3) is 0 Å². The number of hydrogen-bond donors (Lipinski definition) is 3. The predicted molar refractivity (Wildman–Crippen MR) is 111 cm³/mol. The van der Waals surface area contributed by atoms with Crippen LogP contribution in [0.3, 0.4) is 0 Å². The minimum atomic E-state index is -4.77. The second-order valence-electron chi connectivity index (χ2n) is 7.58. The zero-order valence-electron chi connectivity index (χ0n) is 17.7. The van der Waals surface area contributed by atoms with Crippen molar-refractivity contribution in [1.29, 1.82) is 5.41 Å². The van der Waals surface area contributed by atoms with Crippen LogP contribution >= 0.6 is 0 Å². The molecule has 0 atom stereocenters. The van der Waals surface area contributed by atoms with Crippen LogP contribution in [0.25, 0.3) is 0 Å². The number of nitrogens with one attached hydrogen (secondary N) is 3. The fourth-order valence-electron chi connectivity index (χ4n) is 2.67. The Morgan fingerprint density at radius 2 is 1.77 bits per heavy atom. The molecular formula is C21H25F3N4O3. The van der Waals surface area contributed by atoms with Crippen LogP contribution in [0.4, 0.5) is 29.5 Å². The van der Waals surface area contributed by atoms with Gasteiger partial charge in [0.15, 0.2) is 0 Å². The van der Waals surface area contributed by atoms with Crippen LogP contribution in [0.5, 0.6) is 5.75 Å². The van der Waals surface area contributed by atoms with E-state index >= 15 is 0 Å². The van der Waals surface area contributed by atoms with Crippen molar-refractivity contribution in [1.82, 2.24) is 10.3 Å². The Morgan fingerprint density at radius 1 is 1.13 bits per heavy atom. The van der Waals surface area contributed by atoms with Gasteiger partial charge in [-0.05, 0) is 63.1 Å². The standard InChI is InChI=1S/C21H25F3N4O3/c1-5-13-10-11-26-18(17(13)16(25)12-27-19(29)31-20(2,3)4)28-14-6-8-15(9-7-14)30-21(22,23)24/h6-11,25H,5,12H2,1-4H3,(H,26,28)(H,27,29). The SMILES string of the molecule is CCc1ccnc(Nc2ccc(OC(F)(F)F)cc2)c1C(=N)CNC(=O)OC(C)(C)C. The van der Waals surface area contributed by atoms with E-state index in [-0.39, 0.29) is 18.0 Å². The first-order chi connectivity index (χ1) is 14.4. The van der Waals surface area contributed by atoms with Crippen LogP contribution in [-0.4, -0.2) is 35.3 Å². The summed E-state index contributed by atoms with van der Waals surface area (Å²) in [5, 5.41) is 14.0. The number of aromatic nitrogens is 1. The number of anilines is 2. The molecule has 0 aliphatic carbocycles. The van der Waals surface area contributed by atoms with Gasteiger partial charge < -0.3 is 25.5 Å². The first-order valence-electron chi connectivity index (χ1n) is 9.53. The molecule has 0 saturated heterocycles. The molecule has 0 spiro atoms. The Morgan fingerprint density at radius 3 is 2.32 bits per heavy atom. The molecule has 10 heteroatoms. The normalized spacial score (nSPS) is 11.6. The molecular weight excluding hydrogens is 413 g/mol. The highest BCUT2D eigenvalue weighted by atomic mass is 19.4. The van der Waals surface area contributed by atoms with E-state index in [0.29, 0.717) is 23.5 Å². The Balaban J connectivity index is 2.18. The van der Waals surface area contributed by atoms with Crippen molar-refractivity contribution < 1.29 is 27.4 Å². The smallest absolute Gasteiger partial charge is 0.444 e. The van der Waals surface area contributed by atoms with E-state index in [9.17, 15) is 18.0 Å². The largest absolute Gasteiger partial charge is 0.573 e. The van der Waals surface area contributed by atoms with Crippen LogP contribution < -0.4 is 15.4 Å². The number of carbonyl (C=O) groups is 1. The monoisotopic (exact) mass is 438 g/mol. The van der Waals surface area contributed by atoms with E-state index in [4.69, 9.17) is 10.1 Å². The number of hydrogen-bond acceptors (Lipinski definition) is 6. The molecule has 2 rings (SSSR count). The molecule has 7 nitrogen and oxygen atoms in total. The van der Waals surface area contributed by atoms with Crippen LogP contribution in [-0.2, 0) is 11.2 Å². The van der Waals surface area contributed by atoms with Gasteiger partial charge in [0.2, 0.25) is 0 Å². The third kappa shape index (κ3) is 7.80. The lowest BCUT2D eigenvalue weighted by Crippen LogP contribution is -2.35. The van der Waals surface area contributed by atoms with E-state index in [2.05, 4.69) is 20.4 Å². The number of alkyl halides is 3. The number of pyridine rings is 1. The van der Waals surface area contributed by atoms with Crippen LogP contribution in [0.2, 0.25) is 0 Å². The highest BCUT2D eigenvalue weighted by Gasteiger charge is 2.31. The summed E-state index contributed by atoms with van der Waals surface area (Å²) in [6.45, 7) is 7.05. The number of amides is 1. The van der Waals surface area contributed by atoms with Gasteiger partial charge in [0.05, 0.1) is 12.3 Å². The molecule has 3 N–H and O–H groups in total. The first-order valence-corrected chi connectivity index (χ1v) is 9.53. The van der Waals surface area contributed by atoms with Crippen LogP contribution in [0.15, 0.2) is 36.5 Å². The number of nitrogens with zero attached hydrogens (tertiary/aromatic N) is 1. The van der Waals surface area contributed by atoms with Crippen LogP contribution in [0.1, 0.15) is 38.8 Å². The molecule has 0 aliphatic heterocycles. The van der Waals surface area contributed by atoms with Crippen molar-refractivity contribution in [2.24, 2.45) is 0 Å². The average Bonchev–Trinajstić information content (AvgIpc) is 2.65. The maximum atomic E-state index is 12.3. The Bertz CT molecular complexity index is 923. The summed E-state index contributed by atoms with van der Waals surface area (Å²) in [5.74, 6) is 0.00248. The predicted octanol–water partition coefficient (Wildman–Crippen LogP) is 5.18. The van der Waals surface area contributed by atoms with E-state index in [0.717, 1.165) is 5.56 Å². The van der Waals surface area contributed by atoms with Crippen molar-refractivity contribution in [3.05, 3.63) is 47.7 Å². The van der Waals surface area contributed by atoms with Gasteiger partial charge in [-0.1, -0.05) is 6.92 Å². The second kappa shape index (κ2) is 9.67. The minimum Gasteiger partial charge on any atom is -0.444 e. The molecule has 0 aliphatic rings. The topological polar surface area (TPSA) is 96.3 Å². The number of ether oxygens (including phenoxy) is 2. The van der Waals surface area contributed by atoms with Crippen molar-refractivity contribution in [3.8, 4) is 5.75 Å². The van der Waals surface area contributed by atoms with Crippen LogP contribution in [0, 0.1) is 5.41 Å². The maximum Gasteiger partial charge on any atom is 0.573 e. The van der Waals surface area contributed by atoms with Gasteiger partial charge >= 0.3 is 12.5 Å². The van der Waals surface area contributed by atoms with E-state index in [1.54, 1.807) is 33.0 Å². The van der Waals surface area contributed by atoms with Gasteiger partial charge in [-0.15, -0.1) is 13.2 Å². The molecule has 1 heterocycles. The number of alkyl carbamates (subject to hydrolysis) is 1. The molecule has 0 unspecified atom stereocenters.